The van der Waals surface area contributed by atoms with Crippen LogP contribution in [0.15, 0.2) is 12.2 Å². The van der Waals surface area contributed by atoms with Gasteiger partial charge in [0.2, 0.25) is 5.91 Å². The van der Waals surface area contributed by atoms with Crippen molar-refractivity contribution in [1.29, 1.82) is 0 Å². The van der Waals surface area contributed by atoms with Crippen molar-refractivity contribution in [1.82, 2.24) is 10.2 Å². The molecule has 0 spiro atoms. The molecule has 0 aromatic heterocycles. The Morgan fingerprint density at radius 3 is 2.06 bits per heavy atom. The highest BCUT2D eigenvalue weighted by molar-refractivity contribution is 6.12. The highest BCUT2D eigenvalue weighted by atomic mass is 16.5. The summed E-state index contributed by atoms with van der Waals surface area (Å²) >= 11 is 0. The van der Waals surface area contributed by atoms with Gasteiger partial charge in [0, 0.05) is 38.3 Å². The van der Waals surface area contributed by atoms with Crippen molar-refractivity contribution in [2.45, 2.75) is 64.6 Å². The Bertz CT molecular complexity index is 669. The Balaban J connectivity index is 2.09. The molecule has 10 nitrogen and oxygen atoms in total. The summed E-state index contributed by atoms with van der Waals surface area (Å²) in [5.74, 6) is -1.83. The predicted molar refractivity (Wildman–Crippen MR) is 116 cm³/mol. The van der Waals surface area contributed by atoms with E-state index in [4.69, 9.17) is 19.3 Å². The Morgan fingerprint density at radius 1 is 0.906 bits per heavy atom. The van der Waals surface area contributed by atoms with E-state index < -0.39 is 17.2 Å². The van der Waals surface area contributed by atoms with E-state index in [0.717, 1.165) is 4.90 Å². The molecular formula is C22H36N2O8. The summed E-state index contributed by atoms with van der Waals surface area (Å²) in [4.78, 5) is 46.3. The highest BCUT2D eigenvalue weighted by Gasteiger charge is 2.24. The second kappa shape index (κ2) is 13.3. The zero-order chi connectivity index (χ0) is 24.2. The third-order valence-corrected chi connectivity index (χ3v) is 4.89. The third kappa shape index (κ3) is 11.9. The van der Waals surface area contributed by atoms with E-state index in [2.05, 4.69) is 5.32 Å². The smallest absolute Gasteiger partial charge is 0.305 e. The third-order valence-electron chi connectivity index (χ3n) is 4.89. The molecule has 0 aromatic carbocycles. The number of imide groups is 1. The van der Waals surface area contributed by atoms with Crippen LogP contribution in [0.25, 0.3) is 0 Å². The fourth-order valence-electron chi connectivity index (χ4n) is 2.76. The lowest BCUT2D eigenvalue weighted by Gasteiger charge is -2.29. The molecule has 0 fully saturated rings. The van der Waals surface area contributed by atoms with Gasteiger partial charge < -0.3 is 24.6 Å². The van der Waals surface area contributed by atoms with Crippen molar-refractivity contribution in [3.05, 3.63) is 12.2 Å². The molecule has 0 bridgehead atoms. The molecule has 0 aliphatic carbocycles. The second-order valence-corrected chi connectivity index (χ2v) is 8.73. The van der Waals surface area contributed by atoms with Gasteiger partial charge in [0.25, 0.3) is 11.8 Å². The van der Waals surface area contributed by atoms with Gasteiger partial charge in [0.05, 0.1) is 37.4 Å². The van der Waals surface area contributed by atoms with E-state index in [0.29, 0.717) is 26.1 Å². The zero-order valence-electron chi connectivity index (χ0n) is 19.5. The van der Waals surface area contributed by atoms with Gasteiger partial charge in [-0.05, 0) is 40.5 Å². The number of carboxylic acids is 1. The molecule has 1 rings (SSSR count). The average Bonchev–Trinajstić information content (AvgIpc) is 2.98. The summed E-state index contributed by atoms with van der Waals surface area (Å²) in [7, 11) is 0. The van der Waals surface area contributed by atoms with Crippen LogP contribution < -0.4 is 5.32 Å². The molecule has 182 valence electrons. The maximum Gasteiger partial charge on any atom is 0.305 e. The van der Waals surface area contributed by atoms with E-state index in [1.165, 1.54) is 12.2 Å². The average molecular weight is 457 g/mol. The van der Waals surface area contributed by atoms with Gasteiger partial charge in [-0.15, -0.1) is 0 Å². The van der Waals surface area contributed by atoms with E-state index in [1.807, 2.05) is 27.7 Å². The second-order valence-electron chi connectivity index (χ2n) is 8.73. The summed E-state index contributed by atoms with van der Waals surface area (Å²) in [6.07, 6.45) is 3.84. The molecule has 0 aromatic rings. The minimum absolute atomic E-state index is 0.0274. The molecule has 0 radical (unpaired) electrons. The van der Waals surface area contributed by atoms with E-state index >= 15 is 0 Å². The van der Waals surface area contributed by atoms with Crippen LogP contribution in [0.5, 0.6) is 0 Å². The van der Waals surface area contributed by atoms with E-state index in [1.54, 1.807) is 0 Å². The monoisotopic (exact) mass is 456 g/mol. The van der Waals surface area contributed by atoms with Gasteiger partial charge in [0.15, 0.2) is 0 Å². The predicted octanol–water partition coefficient (Wildman–Crippen LogP) is 1.28. The number of aliphatic carboxylic acids is 1. The molecule has 1 aliphatic rings. The van der Waals surface area contributed by atoms with Crippen molar-refractivity contribution in [3.63, 3.8) is 0 Å². The van der Waals surface area contributed by atoms with Crippen LogP contribution in [0.4, 0.5) is 0 Å². The number of nitrogens with one attached hydrogen (secondary N) is 1. The number of hydrogen-bond donors (Lipinski definition) is 2. The van der Waals surface area contributed by atoms with Crippen LogP contribution in [-0.4, -0.2) is 84.4 Å². The molecule has 0 saturated carbocycles. The molecule has 0 unspecified atom stereocenters. The molecule has 32 heavy (non-hydrogen) atoms. The number of hydrogen-bond acceptors (Lipinski definition) is 7. The number of carbonyl (C=O) groups excluding carboxylic acids is 3. The zero-order valence-corrected chi connectivity index (χ0v) is 19.5. The van der Waals surface area contributed by atoms with Gasteiger partial charge >= 0.3 is 5.97 Å². The molecule has 0 saturated heterocycles. The Morgan fingerprint density at radius 2 is 1.47 bits per heavy atom. The Labute approximate surface area is 189 Å². The van der Waals surface area contributed by atoms with Crippen LogP contribution in [0.2, 0.25) is 0 Å². The minimum Gasteiger partial charge on any atom is -0.481 e. The lowest BCUT2D eigenvalue weighted by atomic mass is 10.0. The molecular weight excluding hydrogens is 420 g/mol. The summed E-state index contributed by atoms with van der Waals surface area (Å²) in [5, 5.41) is 11.3. The van der Waals surface area contributed by atoms with Gasteiger partial charge in [0.1, 0.15) is 0 Å². The molecule has 1 aliphatic heterocycles. The van der Waals surface area contributed by atoms with Crippen LogP contribution in [0.1, 0.15) is 53.4 Å². The standard InChI is InChI=1S/C22H36N2O8/c1-21(2,32-16-10-22(3,4)31-14-8-20(28)29)9-15-30-13-7-17(25)23-11-12-24-18(26)5-6-19(24)27/h5-6H,7-16H2,1-4H3,(H,23,25)(H,28,29). The first kappa shape index (κ1) is 27.7. The van der Waals surface area contributed by atoms with Crippen LogP contribution in [-0.2, 0) is 33.4 Å². The number of ether oxygens (including phenoxy) is 3. The van der Waals surface area contributed by atoms with Crippen LogP contribution >= 0.6 is 0 Å². The SMILES string of the molecule is CC(C)(CCOCCC(=O)NCCN1C(=O)C=CC1=O)OCCC(C)(C)OCCC(=O)O. The van der Waals surface area contributed by atoms with Crippen molar-refractivity contribution < 1.29 is 38.5 Å². The maximum absolute atomic E-state index is 11.8. The van der Waals surface area contributed by atoms with Gasteiger partial charge in [-0.2, -0.15) is 0 Å². The fraction of sp³-hybridized carbons (Fsp3) is 0.727. The fourth-order valence-corrected chi connectivity index (χ4v) is 2.76. The van der Waals surface area contributed by atoms with Gasteiger partial charge in [-0.25, -0.2) is 0 Å². The lowest BCUT2D eigenvalue weighted by Crippen LogP contribution is -2.38. The number of carbonyl (C=O) groups is 4. The summed E-state index contributed by atoms with van der Waals surface area (Å²) < 4.78 is 17.0. The highest BCUT2D eigenvalue weighted by Crippen LogP contribution is 2.19. The summed E-state index contributed by atoms with van der Waals surface area (Å²) in [6, 6.07) is 0. The van der Waals surface area contributed by atoms with Crippen molar-refractivity contribution in [3.8, 4) is 0 Å². The van der Waals surface area contributed by atoms with Crippen molar-refractivity contribution in [2.24, 2.45) is 0 Å². The first-order valence-electron chi connectivity index (χ1n) is 10.8. The Kier molecular flexibility index (Phi) is 11.5. The number of amides is 3. The first-order valence-corrected chi connectivity index (χ1v) is 10.8. The topological polar surface area (TPSA) is 131 Å². The van der Waals surface area contributed by atoms with Gasteiger partial charge in [-0.1, -0.05) is 0 Å². The number of nitrogens with zero attached hydrogens (tertiary/aromatic N) is 1. The molecule has 2 N–H and O–H groups in total. The van der Waals surface area contributed by atoms with Crippen molar-refractivity contribution in [2.75, 3.05) is 39.5 Å². The van der Waals surface area contributed by atoms with Crippen molar-refractivity contribution >= 4 is 23.7 Å². The maximum atomic E-state index is 11.8. The molecule has 1 heterocycles. The van der Waals surface area contributed by atoms with E-state index in [9.17, 15) is 19.2 Å². The van der Waals surface area contributed by atoms with Crippen LogP contribution in [0.3, 0.4) is 0 Å². The molecule has 3 amide bonds. The van der Waals surface area contributed by atoms with Crippen LogP contribution in [0, 0.1) is 0 Å². The largest absolute Gasteiger partial charge is 0.481 e. The lowest BCUT2D eigenvalue weighted by molar-refractivity contribution is -0.140. The van der Waals surface area contributed by atoms with Gasteiger partial charge in [-0.3, -0.25) is 24.1 Å². The Hall–Kier alpha value is -2.30. The molecule has 0 atom stereocenters. The number of carboxylic acid groups (broad SMARTS) is 1. The van der Waals surface area contributed by atoms with E-state index in [-0.39, 0.29) is 56.9 Å². The minimum atomic E-state index is -0.886. The number of rotatable bonds is 17. The quantitative estimate of drug-likeness (QED) is 0.247. The molecule has 10 heteroatoms. The summed E-state index contributed by atoms with van der Waals surface area (Å²) in [5.41, 5.74) is -0.885. The summed E-state index contributed by atoms with van der Waals surface area (Å²) in [6.45, 7) is 9.38. The normalized spacial score (nSPS) is 14.3. The first-order chi connectivity index (χ1) is 14.9.